The molecule has 0 bridgehead atoms. The summed E-state index contributed by atoms with van der Waals surface area (Å²) < 4.78 is 7.60. The van der Waals surface area contributed by atoms with Crippen LogP contribution in [0.25, 0.3) is 5.57 Å². The van der Waals surface area contributed by atoms with Gasteiger partial charge < -0.3 is 14.6 Å². The first-order chi connectivity index (χ1) is 17.7. The third kappa shape index (κ3) is 13.6. The van der Waals surface area contributed by atoms with E-state index in [1.165, 1.54) is 0 Å². The molecule has 1 aliphatic heterocycles. The largest absolute Gasteiger partial charge is 0.381 e. The number of amides is 1. The quantitative estimate of drug-likeness (QED) is 0.215. The van der Waals surface area contributed by atoms with E-state index in [0.717, 1.165) is 72.7 Å². The Labute approximate surface area is 224 Å². The molecule has 1 fully saturated rings. The van der Waals surface area contributed by atoms with Gasteiger partial charge in [0, 0.05) is 60.9 Å². The summed E-state index contributed by atoms with van der Waals surface area (Å²) in [6.45, 7) is 23.7. The number of rotatable bonds is 10. The molecule has 0 radical (unpaired) electrons. The lowest BCUT2D eigenvalue weighted by Crippen LogP contribution is -2.22. The minimum atomic E-state index is 0.104. The summed E-state index contributed by atoms with van der Waals surface area (Å²) >= 11 is 0. The van der Waals surface area contributed by atoms with E-state index in [9.17, 15) is 9.59 Å². The molecule has 1 saturated heterocycles. The lowest BCUT2D eigenvalue weighted by Gasteiger charge is -2.23. The van der Waals surface area contributed by atoms with E-state index in [-0.39, 0.29) is 5.43 Å². The van der Waals surface area contributed by atoms with Crippen LogP contribution in [0.15, 0.2) is 77.1 Å². The number of hydrogen-bond donors (Lipinski definition) is 1. The number of aromatic nitrogens is 1. The number of nitrogens with zero attached hydrogens (tertiary/aromatic N) is 2. The smallest absolute Gasteiger partial charge is 0.211 e. The Morgan fingerprint density at radius 3 is 2.38 bits per heavy atom. The monoisotopic (exact) mass is 509 g/mol. The summed E-state index contributed by atoms with van der Waals surface area (Å²) in [4.78, 5) is 26.6. The number of carbonyl (C=O) groups excluding carboxylic acids is 1. The normalized spacial score (nSPS) is 14.7. The van der Waals surface area contributed by atoms with Crippen LogP contribution in [0.4, 0.5) is 0 Å². The molecule has 204 valence electrons. The van der Waals surface area contributed by atoms with Crippen LogP contribution in [0.2, 0.25) is 0 Å². The van der Waals surface area contributed by atoms with Crippen molar-refractivity contribution in [3.8, 4) is 0 Å². The van der Waals surface area contributed by atoms with Crippen molar-refractivity contribution >= 4 is 17.7 Å². The van der Waals surface area contributed by atoms with Crippen molar-refractivity contribution in [1.29, 1.82) is 0 Å². The predicted molar refractivity (Wildman–Crippen MR) is 159 cm³/mol. The second kappa shape index (κ2) is 19.9. The fraction of sp³-hybridized carbons (Fsp3) is 0.452. The number of ether oxygens (including phenoxy) is 1. The lowest BCUT2D eigenvalue weighted by atomic mass is 9.99. The van der Waals surface area contributed by atoms with E-state index < -0.39 is 0 Å². The zero-order chi connectivity index (χ0) is 28.2. The Kier molecular flexibility index (Phi) is 18.1. The average molecular weight is 510 g/mol. The lowest BCUT2D eigenvalue weighted by molar-refractivity contribution is -0.109. The Morgan fingerprint density at radius 1 is 1.22 bits per heavy atom. The zero-order valence-corrected chi connectivity index (χ0v) is 24.0. The number of hydrogen-bond acceptors (Lipinski definition) is 4. The number of pyridine rings is 1. The minimum absolute atomic E-state index is 0.104. The maximum absolute atomic E-state index is 12.5. The summed E-state index contributed by atoms with van der Waals surface area (Å²) in [5.41, 5.74) is 5.20. The molecular formula is C31H47N3O3. The van der Waals surface area contributed by atoms with E-state index in [4.69, 9.17) is 4.74 Å². The molecule has 1 amide bonds. The van der Waals surface area contributed by atoms with Crippen LogP contribution in [0.5, 0.6) is 0 Å². The molecule has 2 heterocycles. The average Bonchev–Trinajstić information content (AvgIpc) is 2.91. The molecule has 1 aliphatic rings. The molecule has 6 heteroatoms. The Morgan fingerprint density at radius 2 is 1.86 bits per heavy atom. The third-order valence-electron chi connectivity index (χ3n) is 5.58. The first-order valence-electron chi connectivity index (χ1n) is 13.1. The number of allylic oxidation sites excluding steroid dienone is 7. The van der Waals surface area contributed by atoms with Gasteiger partial charge in [-0.25, -0.2) is 0 Å². The minimum Gasteiger partial charge on any atom is -0.381 e. The van der Waals surface area contributed by atoms with Crippen LogP contribution < -0.4 is 10.7 Å². The molecule has 37 heavy (non-hydrogen) atoms. The summed E-state index contributed by atoms with van der Waals surface area (Å²) in [5, 5.41) is 2.55. The summed E-state index contributed by atoms with van der Waals surface area (Å²) in [6, 6.07) is 0. The van der Waals surface area contributed by atoms with Gasteiger partial charge in [0.2, 0.25) is 6.41 Å². The van der Waals surface area contributed by atoms with E-state index in [1.54, 1.807) is 12.3 Å². The fourth-order valence-electron chi connectivity index (χ4n) is 3.43. The van der Waals surface area contributed by atoms with Crippen LogP contribution in [-0.2, 0) is 16.1 Å². The first-order valence-corrected chi connectivity index (χ1v) is 13.1. The molecule has 0 spiro atoms. The molecule has 0 unspecified atom stereocenters. The molecule has 0 aromatic carbocycles. The number of carbonyl (C=O) groups is 1. The number of aryl methyl sites for hydroxylation is 1. The summed E-state index contributed by atoms with van der Waals surface area (Å²) in [7, 11) is 0. The van der Waals surface area contributed by atoms with Crippen LogP contribution >= 0.6 is 0 Å². The van der Waals surface area contributed by atoms with Crippen molar-refractivity contribution in [2.24, 2.45) is 10.9 Å². The molecule has 1 aromatic heterocycles. The number of aliphatic imine (C=N–C) groups is 1. The van der Waals surface area contributed by atoms with Gasteiger partial charge in [-0.15, -0.1) is 0 Å². The topological polar surface area (TPSA) is 72.7 Å². The Balaban J connectivity index is 0.000000786. The van der Waals surface area contributed by atoms with Gasteiger partial charge in [0.25, 0.3) is 0 Å². The van der Waals surface area contributed by atoms with E-state index in [1.807, 2.05) is 79.1 Å². The molecule has 1 N–H and O–H groups in total. The van der Waals surface area contributed by atoms with Gasteiger partial charge in [-0.3, -0.25) is 14.6 Å². The van der Waals surface area contributed by atoms with Gasteiger partial charge in [0.05, 0.1) is 0 Å². The Bertz CT molecular complexity index is 1040. The highest BCUT2D eigenvalue weighted by Gasteiger charge is 2.15. The van der Waals surface area contributed by atoms with Crippen LogP contribution in [-0.4, -0.2) is 29.9 Å². The van der Waals surface area contributed by atoms with Gasteiger partial charge >= 0.3 is 0 Å². The van der Waals surface area contributed by atoms with E-state index >= 15 is 0 Å². The second-order valence-electron chi connectivity index (χ2n) is 8.60. The molecule has 1 aromatic rings. The summed E-state index contributed by atoms with van der Waals surface area (Å²) in [5.74, 6) is 0.624. The van der Waals surface area contributed by atoms with Crippen molar-refractivity contribution in [2.75, 3.05) is 13.2 Å². The van der Waals surface area contributed by atoms with Crippen LogP contribution in [0.1, 0.15) is 71.9 Å². The maximum atomic E-state index is 12.5. The van der Waals surface area contributed by atoms with Crippen LogP contribution in [0.3, 0.4) is 0 Å². The highest BCUT2D eigenvalue weighted by atomic mass is 16.5. The van der Waals surface area contributed by atoms with Crippen LogP contribution in [0, 0.1) is 12.8 Å². The third-order valence-corrected chi connectivity index (χ3v) is 5.58. The SMILES string of the molecule is C=C(C)/C=C\C(=C/C)c1cn(CC2CCOCC2)cc(C)c1=O.C=CC(C)=N/C=C(\CC)NC=O.CC. The fourth-order valence-corrected chi connectivity index (χ4v) is 3.43. The molecule has 0 saturated carbocycles. The summed E-state index contributed by atoms with van der Waals surface area (Å²) in [6.07, 6.45) is 16.7. The Hall–Kier alpha value is -3.25. The predicted octanol–water partition coefficient (Wildman–Crippen LogP) is 6.78. The van der Waals surface area contributed by atoms with Crippen molar-refractivity contribution in [1.82, 2.24) is 9.88 Å². The van der Waals surface area contributed by atoms with Crippen molar-refractivity contribution < 1.29 is 9.53 Å². The molecule has 0 atom stereocenters. The maximum Gasteiger partial charge on any atom is 0.211 e. The molecule has 0 aliphatic carbocycles. The molecule has 6 nitrogen and oxygen atoms in total. The standard InChI is InChI=1S/C20H27NO2.C9H14N2O.C2H6/c1-5-18(7-6-15(2)3)19-14-21(12-16(4)20(19)22)13-17-8-10-23-11-9-17;1-4-8(3)10-6-9(5-2)11-7-12;1-2/h5-7,12,14,17H,2,8-11,13H2,1,3-4H3;4,6-7H,1,5H2,2-3H3,(H,11,12);1-2H3/b7-6-,18-5+;9-6+,10-8?;. The highest BCUT2D eigenvalue weighted by molar-refractivity contribution is 5.92. The zero-order valence-electron chi connectivity index (χ0n) is 24.0. The van der Waals surface area contributed by atoms with Gasteiger partial charge in [0.15, 0.2) is 5.43 Å². The van der Waals surface area contributed by atoms with Gasteiger partial charge in [0.1, 0.15) is 0 Å². The highest BCUT2D eigenvalue weighted by Crippen LogP contribution is 2.19. The van der Waals surface area contributed by atoms with Gasteiger partial charge in [-0.2, -0.15) is 0 Å². The van der Waals surface area contributed by atoms with Crippen molar-refractivity contribution in [3.05, 3.63) is 88.7 Å². The molecule has 2 rings (SSSR count). The number of nitrogens with one attached hydrogen (secondary N) is 1. The van der Waals surface area contributed by atoms with E-state index in [0.29, 0.717) is 12.3 Å². The first kappa shape index (κ1) is 33.8. The van der Waals surface area contributed by atoms with Crippen molar-refractivity contribution in [2.45, 2.75) is 74.3 Å². The van der Waals surface area contributed by atoms with Crippen molar-refractivity contribution in [3.63, 3.8) is 0 Å². The molecular weight excluding hydrogens is 462 g/mol. The second-order valence-corrected chi connectivity index (χ2v) is 8.60. The van der Waals surface area contributed by atoms with Gasteiger partial charge in [-0.05, 0) is 64.5 Å². The van der Waals surface area contributed by atoms with E-state index in [2.05, 4.69) is 28.0 Å². The van der Waals surface area contributed by atoms with Gasteiger partial charge in [-0.1, -0.05) is 57.7 Å².